The fraction of sp³-hybridized carbons (Fsp3) is 0.227. The van der Waals surface area contributed by atoms with Gasteiger partial charge in [-0.3, -0.25) is 4.79 Å². The molecule has 1 aliphatic rings. The molecular weight excluding hydrogens is 418 g/mol. The van der Waals surface area contributed by atoms with E-state index in [0.717, 1.165) is 40.5 Å². The summed E-state index contributed by atoms with van der Waals surface area (Å²) in [5, 5.41) is 3.80. The highest BCUT2D eigenvalue weighted by Crippen LogP contribution is 2.32. The number of carbonyl (C=O) groups excluding carboxylic acids is 1. The van der Waals surface area contributed by atoms with Gasteiger partial charge in [0.15, 0.2) is 0 Å². The average Bonchev–Trinajstić information content (AvgIpc) is 3.42. The van der Waals surface area contributed by atoms with Gasteiger partial charge in [-0.15, -0.1) is 11.3 Å². The minimum Gasteiger partial charge on any atom is -0.338 e. The van der Waals surface area contributed by atoms with Crippen molar-refractivity contribution >= 4 is 45.7 Å². The Hall–Kier alpha value is -2.90. The lowest BCUT2D eigenvalue weighted by Gasteiger charge is -2.34. The van der Waals surface area contributed by atoms with Crippen molar-refractivity contribution in [2.24, 2.45) is 0 Å². The van der Waals surface area contributed by atoms with Gasteiger partial charge < -0.3 is 14.4 Å². The Kier molecular flexibility index (Phi) is 5.14. The molecule has 30 heavy (non-hydrogen) atoms. The molecule has 4 aromatic rings. The standard InChI is InChI=1S/C22H20ClN5OS/c23-17-4-5-18-16(13-17)14-19(20-3-1-12-30-20)28(18)15-21(29)26-8-10-27(11-9-26)22-24-6-2-7-25-22/h1-7,12-14H,8-11,15H2. The quantitative estimate of drug-likeness (QED) is 0.481. The summed E-state index contributed by atoms with van der Waals surface area (Å²) in [6.45, 7) is 3.10. The predicted octanol–water partition coefficient (Wildman–Crippen LogP) is 4.16. The molecule has 4 heterocycles. The van der Waals surface area contributed by atoms with E-state index in [9.17, 15) is 4.79 Å². The molecule has 1 aliphatic heterocycles. The lowest BCUT2D eigenvalue weighted by Crippen LogP contribution is -2.50. The number of aromatic nitrogens is 3. The Balaban J connectivity index is 1.37. The van der Waals surface area contributed by atoms with Gasteiger partial charge in [-0.05, 0) is 41.8 Å². The second kappa shape index (κ2) is 8.08. The number of carbonyl (C=O) groups is 1. The molecule has 0 unspecified atom stereocenters. The molecule has 1 amide bonds. The Bertz CT molecular complexity index is 1170. The zero-order valence-electron chi connectivity index (χ0n) is 16.2. The molecule has 8 heteroatoms. The van der Waals surface area contributed by atoms with Crippen LogP contribution in [0.1, 0.15) is 0 Å². The largest absolute Gasteiger partial charge is 0.338 e. The van der Waals surface area contributed by atoms with Gasteiger partial charge in [-0.1, -0.05) is 17.7 Å². The van der Waals surface area contributed by atoms with Crippen LogP contribution in [-0.2, 0) is 11.3 Å². The van der Waals surface area contributed by atoms with E-state index in [-0.39, 0.29) is 5.91 Å². The monoisotopic (exact) mass is 437 g/mol. The van der Waals surface area contributed by atoms with E-state index in [1.807, 2.05) is 35.2 Å². The summed E-state index contributed by atoms with van der Waals surface area (Å²) in [7, 11) is 0. The normalized spacial score (nSPS) is 14.4. The van der Waals surface area contributed by atoms with Crippen molar-refractivity contribution in [1.82, 2.24) is 19.4 Å². The maximum Gasteiger partial charge on any atom is 0.242 e. The number of thiophene rings is 1. The molecule has 1 aromatic carbocycles. The molecule has 6 nitrogen and oxygen atoms in total. The topological polar surface area (TPSA) is 54.3 Å². The molecule has 0 N–H and O–H groups in total. The van der Waals surface area contributed by atoms with Crippen molar-refractivity contribution in [3.8, 4) is 10.6 Å². The summed E-state index contributed by atoms with van der Waals surface area (Å²) in [5.41, 5.74) is 2.07. The Morgan fingerprint density at radius 2 is 1.83 bits per heavy atom. The van der Waals surface area contributed by atoms with E-state index < -0.39 is 0 Å². The molecule has 1 saturated heterocycles. The summed E-state index contributed by atoms with van der Waals surface area (Å²) in [5.74, 6) is 0.840. The van der Waals surface area contributed by atoms with Gasteiger partial charge in [0.1, 0.15) is 6.54 Å². The third-order valence-corrected chi connectivity index (χ3v) is 6.53. The molecule has 1 fully saturated rings. The highest BCUT2D eigenvalue weighted by atomic mass is 35.5. The van der Waals surface area contributed by atoms with Crippen LogP contribution in [-0.4, -0.2) is 51.5 Å². The van der Waals surface area contributed by atoms with Crippen LogP contribution in [0.15, 0.2) is 60.2 Å². The maximum absolute atomic E-state index is 13.2. The van der Waals surface area contributed by atoms with Crippen LogP contribution in [0.4, 0.5) is 5.95 Å². The van der Waals surface area contributed by atoms with Gasteiger partial charge in [-0.25, -0.2) is 9.97 Å². The lowest BCUT2D eigenvalue weighted by atomic mass is 10.2. The maximum atomic E-state index is 13.2. The molecule has 0 aliphatic carbocycles. The average molecular weight is 438 g/mol. The highest BCUT2D eigenvalue weighted by molar-refractivity contribution is 7.13. The number of anilines is 1. The van der Waals surface area contributed by atoms with Crippen LogP contribution in [0.2, 0.25) is 5.02 Å². The number of piperazine rings is 1. The number of benzene rings is 1. The minimum atomic E-state index is 0.119. The number of nitrogens with zero attached hydrogens (tertiary/aromatic N) is 5. The SMILES string of the molecule is O=C(Cn1c(-c2cccs2)cc2cc(Cl)ccc21)N1CCN(c2ncccn2)CC1. The second-order valence-corrected chi connectivity index (χ2v) is 8.60. The van der Waals surface area contributed by atoms with E-state index in [1.165, 1.54) is 0 Å². The first kappa shape index (κ1) is 19.1. The van der Waals surface area contributed by atoms with E-state index in [0.29, 0.717) is 24.7 Å². The van der Waals surface area contributed by atoms with E-state index in [4.69, 9.17) is 11.6 Å². The van der Waals surface area contributed by atoms with Crippen molar-refractivity contribution in [2.45, 2.75) is 6.54 Å². The number of amides is 1. The summed E-state index contributed by atoms with van der Waals surface area (Å²) >= 11 is 7.87. The Morgan fingerprint density at radius 3 is 2.57 bits per heavy atom. The first-order valence-corrected chi connectivity index (χ1v) is 11.1. The van der Waals surface area contributed by atoms with Gasteiger partial charge in [0.05, 0.1) is 10.6 Å². The third kappa shape index (κ3) is 3.66. The van der Waals surface area contributed by atoms with Crippen LogP contribution < -0.4 is 4.90 Å². The molecule has 5 rings (SSSR count). The van der Waals surface area contributed by atoms with Crippen molar-refractivity contribution in [3.63, 3.8) is 0 Å². The van der Waals surface area contributed by atoms with Gasteiger partial charge >= 0.3 is 0 Å². The van der Waals surface area contributed by atoms with E-state index >= 15 is 0 Å². The number of halogens is 1. The van der Waals surface area contributed by atoms with Crippen molar-refractivity contribution in [1.29, 1.82) is 0 Å². The number of rotatable bonds is 4. The van der Waals surface area contributed by atoms with Gasteiger partial charge in [-0.2, -0.15) is 0 Å². The molecule has 0 saturated carbocycles. The minimum absolute atomic E-state index is 0.119. The third-order valence-electron chi connectivity index (χ3n) is 5.40. The van der Waals surface area contributed by atoms with Crippen LogP contribution in [0.25, 0.3) is 21.5 Å². The predicted molar refractivity (Wildman–Crippen MR) is 121 cm³/mol. The Morgan fingerprint density at radius 1 is 1.03 bits per heavy atom. The fourth-order valence-electron chi connectivity index (χ4n) is 3.89. The Labute approximate surface area is 183 Å². The van der Waals surface area contributed by atoms with Crippen molar-refractivity contribution < 1.29 is 4.79 Å². The first-order chi connectivity index (χ1) is 14.7. The number of hydrogen-bond donors (Lipinski definition) is 0. The van der Waals surface area contributed by atoms with Gasteiger partial charge in [0.25, 0.3) is 0 Å². The fourth-order valence-corrected chi connectivity index (χ4v) is 4.82. The smallest absolute Gasteiger partial charge is 0.242 e. The number of fused-ring (bicyclic) bond motifs is 1. The first-order valence-electron chi connectivity index (χ1n) is 9.81. The van der Waals surface area contributed by atoms with Crippen molar-refractivity contribution in [2.75, 3.05) is 31.1 Å². The van der Waals surface area contributed by atoms with Crippen molar-refractivity contribution in [3.05, 3.63) is 65.3 Å². The summed E-state index contributed by atoms with van der Waals surface area (Å²) < 4.78 is 2.10. The lowest BCUT2D eigenvalue weighted by molar-refractivity contribution is -0.132. The summed E-state index contributed by atoms with van der Waals surface area (Å²) in [4.78, 5) is 27.0. The van der Waals surface area contributed by atoms with E-state index in [2.05, 4.69) is 36.9 Å². The molecular formula is C22H20ClN5OS. The van der Waals surface area contributed by atoms with Gasteiger partial charge in [0.2, 0.25) is 11.9 Å². The molecule has 0 atom stereocenters. The van der Waals surface area contributed by atoms with Crippen LogP contribution >= 0.6 is 22.9 Å². The second-order valence-electron chi connectivity index (χ2n) is 7.21. The zero-order valence-corrected chi connectivity index (χ0v) is 17.8. The van der Waals surface area contributed by atoms with E-state index in [1.54, 1.807) is 23.7 Å². The molecule has 0 spiro atoms. The van der Waals surface area contributed by atoms with Crippen LogP contribution in [0, 0.1) is 0 Å². The highest BCUT2D eigenvalue weighted by Gasteiger charge is 2.24. The molecule has 0 bridgehead atoms. The number of hydrogen-bond acceptors (Lipinski definition) is 5. The molecule has 3 aromatic heterocycles. The molecule has 0 radical (unpaired) electrons. The van der Waals surface area contributed by atoms with Gasteiger partial charge in [0, 0.05) is 54.5 Å². The zero-order chi connectivity index (χ0) is 20.5. The molecule has 152 valence electrons. The summed E-state index contributed by atoms with van der Waals surface area (Å²) in [6.07, 6.45) is 3.49. The summed E-state index contributed by atoms with van der Waals surface area (Å²) in [6, 6.07) is 13.9. The van der Waals surface area contributed by atoms with Crippen LogP contribution in [0.3, 0.4) is 0 Å². The van der Waals surface area contributed by atoms with Crippen LogP contribution in [0.5, 0.6) is 0 Å².